The van der Waals surface area contributed by atoms with E-state index in [-0.39, 0.29) is 11.3 Å². The van der Waals surface area contributed by atoms with Gasteiger partial charge in [-0.3, -0.25) is 4.98 Å². The molecule has 0 saturated heterocycles. The van der Waals surface area contributed by atoms with Crippen molar-refractivity contribution in [2.45, 2.75) is 0 Å². The number of pyridine rings is 1. The smallest absolute Gasteiger partial charge is 0.339 e. The summed E-state index contributed by atoms with van der Waals surface area (Å²) < 4.78 is 0. The van der Waals surface area contributed by atoms with Crippen LogP contribution < -0.4 is 5.73 Å². The molecule has 0 bridgehead atoms. The van der Waals surface area contributed by atoms with Gasteiger partial charge in [-0.05, 0) is 18.2 Å². The molecule has 0 unspecified atom stereocenters. The van der Waals surface area contributed by atoms with Crippen molar-refractivity contribution >= 4 is 34.2 Å². The first-order valence-corrected chi connectivity index (χ1v) is 4.54. The molecule has 2 aromatic rings. The van der Waals surface area contributed by atoms with Gasteiger partial charge in [0, 0.05) is 16.6 Å². The number of carboxylic acids is 1. The first-order chi connectivity index (χ1) is 7.09. The van der Waals surface area contributed by atoms with Crippen molar-refractivity contribution < 1.29 is 9.90 Å². The second-order valence-electron chi connectivity index (χ2n) is 3.05. The zero-order chi connectivity index (χ0) is 11.0. The molecule has 0 aliphatic heterocycles. The lowest BCUT2D eigenvalue weighted by Crippen LogP contribution is -2.03. The quantitative estimate of drug-likeness (QED) is 0.775. The van der Waals surface area contributed by atoms with Crippen molar-refractivity contribution in [1.29, 1.82) is 0 Å². The molecule has 1 heterocycles. The molecular formula is C10H7ClN2O2. The SMILES string of the molecule is Nc1c(C(=O)O)cnc2cc(Cl)ccc12. The highest BCUT2D eigenvalue weighted by Crippen LogP contribution is 2.25. The maximum atomic E-state index is 10.8. The molecule has 0 saturated carbocycles. The third-order valence-corrected chi connectivity index (χ3v) is 2.34. The van der Waals surface area contributed by atoms with Crippen molar-refractivity contribution in [1.82, 2.24) is 4.98 Å². The summed E-state index contributed by atoms with van der Waals surface area (Å²) in [4.78, 5) is 14.8. The number of aromatic carboxylic acids is 1. The minimum absolute atomic E-state index is 0.00447. The van der Waals surface area contributed by atoms with Gasteiger partial charge in [0.2, 0.25) is 0 Å². The number of carboxylic acid groups (broad SMARTS) is 1. The number of nitrogens with zero attached hydrogens (tertiary/aromatic N) is 1. The van der Waals surface area contributed by atoms with Crippen LogP contribution in [0.4, 0.5) is 5.69 Å². The van der Waals surface area contributed by atoms with E-state index in [2.05, 4.69) is 4.98 Å². The Kier molecular flexibility index (Phi) is 2.21. The van der Waals surface area contributed by atoms with E-state index in [1.807, 2.05) is 0 Å². The van der Waals surface area contributed by atoms with Gasteiger partial charge in [0.25, 0.3) is 0 Å². The van der Waals surface area contributed by atoms with Gasteiger partial charge in [0.05, 0.1) is 11.2 Å². The summed E-state index contributed by atoms with van der Waals surface area (Å²) >= 11 is 5.78. The van der Waals surface area contributed by atoms with E-state index >= 15 is 0 Å². The lowest BCUT2D eigenvalue weighted by molar-refractivity contribution is 0.0698. The zero-order valence-electron chi connectivity index (χ0n) is 7.57. The third-order valence-electron chi connectivity index (χ3n) is 2.10. The first kappa shape index (κ1) is 9.73. The predicted molar refractivity (Wildman–Crippen MR) is 58.1 cm³/mol. The Labute approximate surface area is 90.3 Å². The summed E-state index contributed by atoms with van der Waals surface area (Å²) in [6.45, 7) is 0. The standard InChI is InChI=1S/C10H7ClN2O2/c11-5-1-2-6-8(3-5)13-4-7(9(6)12)10(14)15/h1-4H,(H2,12,13)(H,14,15). The molecule has 0 amide bonds. The molecule has 0 aliphatic carbocycles. The van der Waals surface area contributed by atoms with Crippen molar-refractivity contribution in [3.05, 3.63) is 35.0 Å². The number of halogens is 1. The van der Waals surface area contributed by atoms with E-state index in [1.165, 1.54) is 6.20 Å². The Hall–Kier alpha value is -1.81. The highest BCUT2D eigenvalue weighted by atomic mass is 35.5. The molecule has 0 aliphatic rings. The van der Waals surface area contributed by atoms with E-state index in [4.69, 9.17) is 22.4 Å². The highest BCUT2D eigenvalue weighted by Gasteiger charge is 2.11. The largest absolute Gasteiger partial charge is 0.478 e. The molecule has 0 atom stereocenters. The van der Waals surface area contributed by atoms with Crippen LogP contribution in [0.25, 0.3) is 10.9 Å². The summed E-state index contributed by atoms with van der Waals surface area (Å²) in [6.07, 6.45) is 1.23. The molecule has 76 valence electrons. The monoisotopic (exact) mass is 222 g/mol. The topological polar surface area (TPSA) is 76.2 Å². The average Bonchev–Trinajstić information content (AvgIpc) is 2.17. The number of rotatable bonds is 1. The number of aromatic nitrogens is 1. The van der Waals surface area contributed by atoms with Gasteiger partial charge < -0.3 is 10.8 Å². The van der Waals surface area contributed by atoms with Crippen molar-refractivity contribution in [2.75, 3.05) is 5.73 Å². The lowest BCUT2D eigenvalue weighted by Gasteiger charge is -2.04. The number of fused-ring (bicyclic) bond motifs is 1. The van der Waals surface area contributed by atoms with Crippen LogP contribution in [0.15, 0.2) is 24.4 Å². The summed E-state index contributed by atoms with van der Waals surface area (Å²) in [5.74, 6) is -1.09. The van der Waals surface area contributed by atoms with E-state index in [0.29, 0.717) is 15.9 Å². The fraction of sp³-hybridized carbons (Fsp3) is 0. The Balaban J connectivity index is 2.80. The number of nitrogen functional groups attached to an aromatic ring is 1. The minimum Gasteiger partial charge on any atom is -0.478 e. The van der Waals surface area contributed by atoms with Crippen LogP contribution in [0.5, 0.6) is 0 Å². The van der Waals surface area contributed by atoms with Gasteiger partial charge in [0.1, 0.15) is 5.56 Å². The normalized spacial score (nSPS) is 10.5. The molecule has 1 aromatic carbocycles. The molecule has 2 rings (SSSR count). The number of nitrogens with two attached hydrogens (primary N) is 1. The Morgan fingerprint density at radius 2 is 2.20 bits per heavy atom. The summed E-state index contributed by atoms with van der Waals surface area (Å²) in [7, 11) is 0. The Bertz CT molecular complexity index is 554. The average molecular weight is 223 g/mol. The number of benzene rings is 1. The number of hydrogen-bond donors (Lipinski definition) is 2. The molecule has 15 heavy (non-hydrogen) atoms. The van der Waals surface area contributed by atoms with Crippen LogP contribution in [0.2, 0.25) is 5.02 Å². The molecule has 0 radical (unpaired) electrons. The molecule has 3 N–H and O–H groups in total. The van der Waals surface area contributed by atoms with Gasteiger partial charge >= 0.3 is 5.97 Å². The lowest BCUT2D eigenvalue weighted by atomic mass is 10.1. The fourth-order valence-corrected chi connectivity index (χ4v) is 1.52. The fourth-order valence-electron chi connectivity index (χ4n) is 1.36. The van der Waals surface area contributed by atoms with Crippen molar-refractivity contribution in [2.24, 2.45) is 0 Å². The van der Waals surface area contributed by atoms with E-state index in [1.54, 1.807) is 18.2 Å². The molecule has 0 fully saturated rings. The Morgan fingerprint density at radius 3 is 2.87 bits per heavy atom. The van der Waals surface area contributed by atoms with Gasteiger partial charge in [-0.1, -0.05) is 11.6 Å². The second-order valence-corrected chi connectivity index (χ2v) is 3.49. The molecule has 0 spiro atoms. The van der Waals surface area contributed by atoms with E-state index < -0.39 is 5.97 Å². The van der Waals surface area contributed by atoms with Crippen LogP contribution >= 0.6 is 11.6 Å². The van der Waals surface area contributed by atoms with Crippen LogP contribution in [0, 0.1) is 0 Å². The van der Waals surface area contributed by atoms with Crippen molar-refractivity contribution in [3.63, 3.8) is 0 Å². The van der Waals surface area contributed by atoms with E-state index in [0.717, 1.165) is 0 Å². The van der Waals surface area contributed by atoms with Crippen LogP contribution in [0.3, 0.4) is 0 Å². The third kappa shape index (κ3) is 1.59. The van der Waals surface area contributed by atoms with Crippen LogP contribution in [-0.4, -0.2) is 16.1 Å². The van der Waals surface area contributed by atoms with Gasteiger partial charge in [-0.2, -0.15) is 0 Å². The molecule has 1 aromatic heterocycles. The first-order valence-electron chi connectivity index (χ1n) is 4.16. The minimum atomic E-state index is -1.09. The van der Waals surface area contributed by atoms with E-state index in [9.17, 15) is 4.79 Å². The summed E-state index contributed by atoms with van der Waals surface area (Å²) in [5, 5.41) is 9.97. The van der Waals surface area contributed by atoms with Crippen LogP contribution in [-0.2, 0) is 0 Å². The van der Waals surface area contributed by atoms with Gasteiger partial charge in [-0.15, -0.1) is 0 Å². The molecular weight excluding hydrogens is 216 g/mol. The summed E-state index contributed by atoms with van der Waals surface area (Å²) in [5.41, 5.74) is 6.51. The highest BCUT2D eigenvalue weighted by molar-refractivity contribution is 6.31. The van der Waals surface area contributed by atoms with Gasteiger partial charge in [-0.25, -0.2) is 4.79 Å². The Morgan fingerprint density at radius 1 is 1.47 bits per heavy atom. The predicted octanol–water partition coefficient (Wildman–Crippen LogP) is 2.17. The maximum Gasteiger partial charge on any atom is 0.339 e. The van der Waals surface area contributed by atoms with Crippen molar-refractivity contribution in [3.8, 4) is 0 Å². The molecule has 5 heteroatoms. The molecule has 4 nitrogen and oxygen atoms in total. The zero-order valence-corrected chi connectivity index (χ0v) is 8.32. The second kappa shape index (κ2) is 3.40. The summed E-state index contributed by atoms with van der Waals surface area (Å²) in [6, 6.07) is 4.94. The van der Waals surface area contributed by atoms with Crippen LogP contribution in [0.1, 0.15) is 10.4 Å². The maximum absolute atomic E-state index is 10.8. The number of carbonyl (C=O) groups is 1. The number of hydrogen-bond acceptors (Lipinski definition) is 3. The van der Waals surface area contributed by atoms with Gasteiger partial charge in [0.15, 0.2) is 0 Å². The number of anilines is 1.